The SMILES string of the molecule is CC(CNC1CC(NC(=O)OCc2ccccc2)C1)N(C)C1CC1. The fraction of sp³-hybridized carbons (Fsp3) is 0.632. The van der Waals surface area contributed by atoms with Crippen molar-refractivity contribution < 1.29 is 9.53 Å². The molecule has 132 valence electrons. The third kappa shape index (κ3) is 4.95. The first-order valence-corrected chi connectivity index (χ1v) is 9.04. The number of rotatable bonds is 8. The molecule has 0 heterocycles. The first-order valence-electron chi connectivity index (χ1n) is 9.04. The van der Waals surface area contributed by atoms with Crippen molar-refractivity contribution in [3.63, 3.8) is 0 Å². The number of nitrogens with zero attached hydrogens (tertiary/aromatic N) is 1. The number of benzene rings is 1. The van der Waals surface area contributed by atoms with Crippen molar-refractivity contribution in [2.75, 3.05) is 13.6 Å². The Hall–Kier alpha value is -1.59. The summed E-state index contributed by atoms with van der Waals surface area (Å²) in [6, 6.07) is 11.9. The van der Waals surface area contributed by atoms with Gasteiger partial charge in [0.25, 0.3) is 0 Å². The van der Waals surface area contributed by atoms with Crippen LogP contribution in [-0.4, -0.2) is 48.8 Å². The molecular weight excluding hydrogens is 302 g/mol. The van der Waals surface area contributed by atoms with Gasteiger partial charge in [-0.25, -0.2) is 4.79 Å². The Kier molecular flexibility index (Phi) is 5.74. The molecule has 2 aliphatic carbocycles. The van der Waals surface area contributed by atoms with E-state index < -0.39 is 0 Å². The maximum atomic E-state index is 11.8. The number of carbonyl (C=O) groups excluding carboxylic acids is 1. The lowest BCUT2D eigenvalue weighted by atomic mass is 9.87. The minimum Gasteiger partial charge on any atom is -0.445 e. The summed E-state index contributed by atoms with van der Waals surface area (Å²) >= 11 is 0. The maximum Gasteiger partial charge on any atom is 0.407 e. The molecule has 1 atom stereocenters. The Morgan fingerprint density at radius 3 is 2.62 bits per heavy atom. The Labute approximate surface area is 144 Å². The second-order valence-electron chi connectivity index (χ2n) is 7.23. The van der Waals surface area contributed by atoms with Gasteiger partial charge in [-0.05, 0) is 45.2 Å². The number of nitrogens with one attached hydrogen (secondary N) is 2. The van der Waals surface area contributed by atoms with E-state index in [1.54, 1.807) is 0 Å². The summed E-state index contributed by atoms with van der Waals surface area (Å²) in [6.45, 7) is 3.62. The Morgan fingerprint density at radius 2 is 1.96 bits per heavy atom. The van der Waals surface area contributed by atoms with Crippen LogP contribution in [0.4, 0.5) is 4.79 Å². The van der Waals surface area contributed by atoms with Crippen LogP contribution in [0.25, 0.3) is 0 Å². The van der Waals surface area contributed by atoms with Crippen LogP contribution in [0.15, 0.2) is 30.3 Å². The Balaban J connectivity index is 1.26. The lowest BCUT2D eigenvalue weighted by Crippen LogP contribution is -2.54. The predicted molar refractivity (Wildman–Crippen MR) is 94.8 cm³/mol. The van der Waals surface area contributed by atoms with Crippen LogP contribution in [0.5, 0.6) is 0 Å². The highest BCUT2D eigenvalue weighted by Gasteiger charge is 2.32. The maximum absolute atomic E-state index is 11.8. The highest BCUT2D eigenvalue weighted by molar-refractivity contribution is 5.67. The van der Waals surface area contributed by atoms with E-state index in [2.05, 4.69) is 29.5 Å². The van der Waals surface area contributed by atoms with Crippen molar-refractivity contribution in [2.24, 2.45) is 0 Å². The highest BCUT2D eigenvalue weighted by atomic mass is 16.5. The molecule has 0 aromatic heterocycles. The van der Waals surface area contributed by atoms with Crippen LogP contribution in [0.3, 0.4) is 0 Å². The van der Waals surface area contributed by atoms with Gasteiger partial charge in [0.1, 0.15) is 6.61 Å². The molecule has 0 spiro atoms. The molecule has 2 fully saturated rings. The molecule has 0 radical (unpaired) electrons. The largest absolute Gasteiger partial charge is 0.445 e. The Morgan fingerprint density at radius 1 is 1.25 bits per heavy atom. The second-order valence-corrected chi connectivity index (χ2v) is 7.23. The minimum absolute atomic E-state index is 0.238. The number of likely N-dealkylation sites (N-methyl/N-ethyl adjacent to an activating group) is 1. The van der Waals surface area contributed by atoms with Crippen molar-refractivity contribution in [3.8, 4) is 0 Å². The molecule has 5 heteroatoms. The number of carbonyl (C=O) groups is 1. The summed E-state index contributed by atoms with van der Waals surface area (Å²) in [7, 11) is 2.22. The van der Waals surface area contributed by atoms with E-state index in [4.69, 9.17) is 4.74 Å². The van der Waals surface area contributed by atoms with E-state index in [9.17, 15) is 4.79 Å². The topological polar surface area (TPSA) is 53.6 Å². The van der Waals surface area contributed by atoms with Crippen LogP contribution in [0.1, 0.15) is 38.2 Å². The molecule has 0 saturated heterocycles. The number of hydrogen-bond acceptors (Lipinski definition) is 4. The van der Waals surface area contributed by atoms with Gasteiger partial charge in [0.05, 0.1) is 0 Å². The summed E-state index contributed by atoms with van der Waals surface area (Å²) in [5.41, 5.74) is 1.01. The van der Waals surface area contributed by atoms with Gasteiger partial charge in [-0.1, -0.05) is 30.3 Å². The molecular formula is C19H29N3O2. The van der Waals surface area contributed by atoms with E-state index in [-0.39, 0.29) is 12.1 Å². The van der Waals surface area contributed by atoms with Gasteiger partial charge in [0, 0.05) is 30.7 Å². The van der Waals surface area contributed by atoms with Gasteiger partial charge in [-0.2, -0.15) is 0 Å². The van der Waals surface area contributed by atoms with Crippen molar-refractivity contribution in [2.45, 2.75) is 63.4 Å². The standard InChI is InChI=1S/C19H29N3O2/c1-14(22(2)18-8-9-18)12-20-16-10-17(11-16)21-19(23)24-13-15-6-4-3-5-7-15/h3-7,14,16-18,20H,8-13H2,1-2H3,(H,21,23). The zero-order chi connectivity index (χ0) is 16.9. The van der Waals surface area contributed by atoms with Gasteiger partial charge in [0.2, 0.25) is 0 Å². The average Bonchev–Trinajstić information content (AvgIpc) is 3.39. The molecule has 0 bridgehead atoms. The average molecular weight is 331 g/mol. The molecule has 1 aromatic carbocycles. The lowest BCUT2D eigenvalue weighted by molar-refractivity contribution is 0.124. The normalized spacial score (nSPS) is 24.3. The molecule has 2 saturated carbocycles. The van der Waals surface area contributed by atoms with Crippen LogP contribution in [0, 0.1) is 0 Å². The fourth-order valence-corrected chi connectivity index (χ4v) is 3.16. The summed E-state index contributed by atoms with van der Waals surface area (Å²) in [6.07, 6.45) is 4.35. The quantitative estimate of drug-likeness (QED) is 0.768. The van der Waals surface area contributed by atoms with Crippen molar-refractivity contribution >= 4 is 6.09 Å². The lowest BCUT2D eigenvalue weighted by Gasteiger charge is -2.37. The summed E-state index contributed by atoms with van der Waals surface area (Å²) in [5.74, 6) is 0. The van der Waals surface area contributed by atoms with Gasteiger partial charge in [-0.15, -0.1) is 0 Å². The molecule has 1 amide bonds. The van der Waals surface area contributed by atoms with E-state index in [1.165, 1.54) is 12.8 Å². The second kappa shape index (κ2) is 7.99. The van der Waals surface area contributed by atoms with Gasteiger partial charge in [-0.3, -0.25) is 4.90 Å². The zero-order valence-corrected chi connectivity index (χ0v) is 14.7. The molecule has 5 nitrogen and oxygen atoms in total. The van der Waals surface area contributed by atoms with Crippen molar-refractivity contribution in [1.29, 1.82) is 0 Å². The minimum atomic E-state index is -0.316. The van der Waals surface area contributed by atoms with Crippen molar-refractivity contribution in [1.82, 2.24) is 15.5 Å². The van der Waals surface area contributed by atoms with Crippen molar-refractivity contribution in [3.05, 3.63) is 35.9 Å². The molecule has 1 unspecified atom stereocenters. The van der Waals surface area contributed by atoms with E-state index in [0.29, 0.717) is 18.7 Å². The summed E-state index contributed by atoms with van der Waals surface area (Å²) in [4.78, 5) is 14.3. The first-order chi connectivity index (χ1) is 11.6. The van der Waals surface area contributed by atoms with Gasteiger partial charge in [0.15, 0.2) is 0 Å². The first kappa shape index (κ1) is 17.2. The van der Waals surface area contributed by atoms with Crippen LogP contribution in [-0.2, 0) is 11.3 Å². The summed E-state index contributed by atoms with van der Waals surface area (Å²) < 4.78 is 5.26. The van der Waals surface area contributed by atoms with E-state index in [1.807, 2.05) is 30.3 Å². The van der Waals surface area contributed by atoms with E-state index in [0.717, 1.165) is 31.0 Å². The molecule has 1 aromatic rings. The smallest absolute Gasteiger partial charge is 0.407 e. The Bertz CT molecular complexity index is 527. The van der Waals surface area contributed by atoms with Crippen LogP contribution < -0.4 is 10.6 Å². The summed E-state index contributed by atoms with van der Waals surface area (Å²) in [5, 5.41) is 6.55. The molecule has 2 aliphatic rings. The molecule has 3 rings (SSSR count). The third-order valence-electron chi connectivity index (χ3n) is 5.19. The number of hydrogen-bond donors (Lipinski definition) is 2. The number of alkyl carbamates (subject to hydrolysis) is 1. The monoisotopic (exact) mass is 331 g/mol. The fourth-order valence-electron chi connectivity index (χ4n) is 3.16. The highest BCUT2D eigenvalue weighted by Crippen LogP contribution is 2.27. The van der Waals surface area contributed by atoms with Crippen LogP contribution >= 0.6 is 0 Å². The predicted octanol–water partition coefficient (Wildman–Crippen LogP) is 2.52. The number of ether oxygens (including phenoxy) is 1. The van der Waals surface area contributed by atoms with Gasteiger partial charge >= 0.3 is 6.09 Å². The molecule has 0 aliphatic heterocycles. The molecule has 2 N–H and O–H groups in total. The number of amides is 1. The molecule has 24 heavy (non-hydrogen) atoms. The van der Waals surface area contributed by atoms with Crippen LogP contribution in [0.2, 0.25) is 0 Å². The van der Waals surface area contributed by atoms with E-state index >= 15 is 0 Å². The third-order valence-corrected chi connectivity index (χ3v) is 5.19. The zero-order valence-electron chi connectivity index (χ0n) is 14.7. The van der Waals surface area contributed by atoms with Gasteiger partial charge < -0.3 is 15.4 Å².